The molecule has 0 bridgehead atoms. The molecule has 3 aliphatic heterocycles. The van der Waals surface area contributed by atoms with Crippen molar-refractivity contribution in [3.8, 4) is 102 Å². The summed E-state index contributed by atoms with van der Waals surface area (Å²) >= 11 is 5.49. The smallest absolute Gasteiger partial charge is 0.164 e. The fourth-order valence-corrected chi connectivity index (χ4v) is 24.6. The van der Waals surface area contributed by atoms with Crippen molar-refractivity contribution in [3.63, 3.8) is 0 Å². The number of rotatable bonds is 16. The van der Waals surface area contributed by atoms with Crippen LogP contribution in [0.2, 0.25) is 39.3 Å². The number of para-hydroxylation sites is 4. The van der Waals surface area contributed by atoms with Crippen molar-refractivity contribution in [1.29, 1.82) is 0 Å². The van der Waals surface area contributed by atoms with Gasteiger partial charge in [-0.2, -0.15) is 0 Å². The Balaban J connectivity index is 0.000000123. The van der Waals surface area contributed by atoms with Crippen LogP contribution in [0.5, 0.6) is 0 Å². The SMILES string of the molecule is C[Si](C)(C)c1ccc(-c2nc(-c3ccc(N4c5ccccc5Sc5ccccc54)cc3)nc(-c3ccc([Si](C)(C)C)cc3)n2)cc1.Cc1ccc2c(c1)Sc1cc(C)ccc1N2c1ccc(-c2nc(-c3ccccc3)nc(-c3ccccc3)n2)cc1.c1ccc2c(c1)Sc1ccccc1N2c1ccc(-c2nc(-c3ccc(C4CCCCC4)cc3)nc(-c3ccc(C4CCCCC4)cc3)n2)cc1. The lowest BCUT2D eigenvalue weighted by Crippen LogP contribution is -2.37. The van der Waals surface area contributed by atoms with Gasteiger partial charge in [0.1, 0.15) is 0 Å². The van der Waals surface area contributed by atoms with E-state index in [9.17, 15) is 0 Å². The second-order valence-corrected chi connectivity index (χ2v) is 51.4. The zero-order valence-electron chi connectivity index (χ0n) is 78.0. The van der Waals surface area contributed by atoms with Gasteiger partial charge in [0.05, 0.1) is 50.3 Å². The Morgan fingerprint density at radius 1 is 0.213 bits per heavy atom. The molecule has 23 rings (SSSR count). The lowest BCUT2D eigenvalue weighted by molar-refractivity contribution is 0.443. The normalized spacial score (nSPS) is 14.0. The molecule has 0 amide bonds. The molecule has 668 valence electrons. The predicted molar refractivity (Wildman–Crippen MR) is 572 cm³/mol. The molecule has 6 heterocycles. The summed E-state index contributed by atoms with van der Waals surface area (Å²) in [5.41, 5.74) is 24.7. The zero-order valence-corrected chi connectivity index (χ0v) is 82.4. The van der Waals surface area contributed by atoms with Crippen LogP contribution in [-0.2, 0) is 0 Å². The van der Waals surface area contributed by atoms with E-state index in [0.29, 0.717) is 52.6 Å². The van der Waals surface area contributed by atoms with Gasteiger partial charge >= 0.3 is 0 Å². The Kier molecular flexibility index (Phi) is 25.4. The Morgan fingerprint density at radius 2 is 0.426 bits per heavy atom. The molecular weight excluding hydrogens is 1750 g/mol. The zero-order chi connectivity index (χ0) is 92.4. The molecule has 2 aliphatic carbocycles. The van der Waals surface area contributed by atoms with E-state index in [1.807, 2.05) is 95.9 Å². The molecule has 12 nitrogen and oxygen atoms in total. The van der Waals surface area contributed by atoms with E-state index in [1.54, 1.807) is 0 Å². The molecule has 0 spiro atoms. The highest BCUT2D eigenvalue weighted by atomic mass is 32.2. The quantitative estimate of drug-likeness (QED) is 0.0851. The van der Waals surface area contributed by atoms with Crippen LogP contribution in [-0.4, -0.2) is 61.0 Å². The van der Waals surface area contributed by atoms with Crippen LogP contribution in [0.25, 0.3) is 102 Å². The second-order valence-electron chi connectivity index (χ2n) is 38.0. The van der Waals surface area contributed by atoms with Crippen molar-refractivity contribution >= 4 is 113 Å². The summed E-state index contributed by atoms with van der Waals surface area (Å²) < 4.78 is 0. The van der Waals surface area contributed by atoms with Crippen LogP contribution in [0, 0.1) is 13.8 Å². The van der Waals surface area contributed by atoms with Gasteiger partial charge in [-0.3, -0.25) is 0 Å². The summed E-state index contributed by atoms with van der Waals surface area (Å²) in [7, 11) is -2.85. The lowest BCUT2D eigenvalue weighted by Gasteiger charge is -2.33. The highest BCUT2D eigenvalue weighted by Gasteiger charge is 2.31. The average molecular weight is 1860 g/mol. The molecule has 0 unspecified atom stereocenters. The van der Waals surface area contributed by atoms with Crippen molar-refractivity contribution in [1.82, 2.24) is 44.9 Å². The molecule has 136 heavy (non-hydrogen) atoms. The molecule has 18 aromatic rings. The summed E-state index contributed by atoms with van der Waals surface area (Å²) in [6.45, 7) is 18.5. The summed E-state index contributed by atoms with van der Waals surface area (Å²) in [4.78, 5) is 59.6. The predicted octanol–water partition coefficient (Wildman–Crippen LogP) is 32.2. The largest absolute Gasteiger partial charge is 0.308 e. The Labute approximate surface area is 813 Å². The number of hydrogen-bond donors (Lipinski definition) is 0. The Hall–Kier alpha value is -13.8. The van der Waals surface area contributed by atoms with Gasteiger partial charge in [-0.25, -0.2) is 44.9 Å². The van der Waals surface area contributed by atoms with Crippen molar-refractivity contribution in [2.24, 2.45) is 0 Å². The van der Waals surface area contributed by atoms with Crippen LogP contribution in [0.1, 0.15) is 98.3 Å². The Morgan fingerprint density at radius 3 is 0.684 bits per heavy atom. The number of fused-ring (bicyclic) bond motifs is 6. The molecule has 15 aromatic carbocycles. The van der Waals surface area contributed by atoms with E-state index in [0.717, 1.165) is 78.8 Å². The third-order valence-corrected chi connectivity index (χ3v) is 33.9. The van der Waals surface area contributed by atoms with Gasteiger partial charge in [0, 0.05) is 96.5 Å². The summed E-state index contributed by atoms with van der Waals surface area (Å²) in [5.74, 6) is 7.50. The number of benzene rings is 15. The first-order valence-electron chi connectivity index (χ1n) is 47.6. The molecule has 0 atom stereocenters. The molecule has 5 aliphatic rings. The standard InChI is InChI=1S/C45H42N4S.C39H38N4SSi2.C35H26N4S/c1-3-11-31(12-4-1)33-19-23-35(24-20-33)43-46-44(36-25-21-34(22-26-36)32-13-5-2-6-14-32)48-45(47-43)37-27-29-38(30-28-37)49-39-15-7-9-17-41(39)50-42-18-10-8-16-40(42)49;1-45(2,3)31-23-17-28(18-24-31)38-40-37(41-39(42-38)29-19-25-32(26-20-29)46(4,5)6)27-15-21-30(22-16-27)43-33-11-7-9-13-35(33)44-36-14-10-8-12-34(36)43;1-23-13-19-29-31(21-23)40-32-22-24(2)14-20-30(32)39(29)28-17-15-27(16-18-28)35-37-33(25-9-5-3-6-10-25)36-34(38-35)26-11-7-4-8-12-26/h7-10,15-32H,1-6,11-14H2;7-26H,1-6H3;3-22H,1-2H3. The first kappa shape index (κ1) is 88.8. The van der Waals surface area contributed by atoms with Gasteiger partial charge in [0.2, 0.25) is 0 Å². The first-order chi connectivity index (χ1) is 66.4. The fourth-order valence-electron chi connectivity index (χ4n) is 18.9. The molecule has 17 heteroatoms. The summed E-state index contributed by atoms with van der Waals surface area (Å²) in [6, 6.07) is 130. The van der Waals surface area contributed by atoms with Crippen molar-refractivity contribution in [2.45, 2.75) is 159 Å². The fraction of sp³-hybridized carbons (Fsp3) is 0.168. The van der Waals surface area contributed by atoms with Crippen LogP contribution < -0.4 is 25.1 Å². The van der Waals surface area contributed by atoms with Gasteiger partial charge in [-0.1, -0.05) is 342 Å². The van der Waals surface area contributed by atoms with Gasteiger partial charge < -0.3 is 14.7 Å². The van der Waals surface area contributed by atoms with Crippen LogP contribution in [0.3, 0.4) is 0 Å². The molecular formula is C119H106N12S3Si2. The number of nitrogens with zero attached hydrogens (tertiary/aromatic N) is 12. The van der Waals surface area contributed by atoms with Crippen molar-refractivity contribution in [3.05, 3.63) is 386 Å². The minimum atomic E-state index is -1.42. The molecule has 0 saturated heterocycles. The Bertz CT molecular complexity index is 7000. The van der Waals surface area contributed by atoms with Crippen LogP contribution in [0.4, 0.5) is 51.2 Å². The second kappa shape index (κ2) is 38.9. The van der Waals surface area contributed by atoms with E-state index in [1.165, 1.54) is 160 Å². The van der Waals surface area contributed by atoms with E-state index < -0.39 is 16.1 Å². The summed E-state index contributed by atoms with van der Waals surface area (Å²) in [5, 5.41) is 2.84. The van der Waals surface area contributed by atoms with Gasteiger partial charge in [-0.05, 0) is 219 Å². The first-order valence-corrected chi connectivity index (χ1v) is 57.0. The number of hydrogen-bond acceptors (Lipinski definition) is 15. The lowest BCUT2D eigenvalue weighted by atomic mass is 9.84. The van der Waals surface area contributed by atoms with E-state index in [-0.39, 0.29) is 0 Å². The molecule has 2 fully saturated rings. The highest BCUT2D eigenvalue weighted by Crippen LogP contribution is 2.55. The van der Waals surface area contributed by atoms with Crippen LogP contribution >= 0.6 is 35.3 Å². The highest BCUT2D eigenvalue weighted by molar-refractivity contribution is 8.00. The van der Waals surface area contributed by atoms with E-state index in [4.69, 9.17) is 44.9 Å². The minimum Gasteiger partial charge on any atom is -0.308 e. The van der Waals surface area contributed by atoms with Crippen molar-refractivity contribution in [2.75, 3.05) is 14.7 Å². The maximum atomic E-state index is 5.11. The summed E-state index contributed by atoms with van der Waals surface area (Å²) in [6.07, 6.45) is 13.2. The van der Waals surface area contributed by atoms with Gasteiger partial charge in [-0.15, -0.1) is 0 Å². The number of anilines is 9. The maximum Gasteiger partial charge on any atom is 0.164 e. The third kappa shape index (κ3) is 19.2. The van der Waals surface area contributed by atoms with Crippen molar-refractivity contribution < 1.29 is 0 Å². The molecule has 2 saturated carbocycles. The van der Waals surface area contributed by atoms with E-state index >= 15 is 0 Å². The molecule has 3 aromatic heterocycles. The third-order valence-electron chi connectivity index (χ3n) is 26.4. The van der Waals surface area contributed by atoms with Gasteiger partial charge in [0.15, 0.2) is 52.4 Å². The molecule has 0 N–H and O–H groups in total. The maximum absolute atomic E-state index is 5.11. The number of aromatic nitrogens is 9. The van der Waals surface area contributed by atoms with Gasteiger partial charge in [0.25, 0.3) is 0 Å². The minimum absolute atomic E-state index is 0.653. The average Bonchev–Trinajstić information content (AvgIpc) is 0.761. The number of aryl methyl sites for hydroxylation is 2. The monoisotopic (exact) mass is 1850 g/mol. The molecule has 0 radical (unpaired) electrons. The van der Waals surface area contributed by atoms with Crippen LogP contribution in [0.15, 0.2) is 393 Å². The topological polar surface area (TPSA) is 126 Å². The van der Waals surface area contributed by atoms with E-state index in [2.05, 4.69) is 371 Å².